The molecule has 2 atom stereocenters. The smallest absolute Gasteiger partial charge is 0.310 e. The largest absolute Gasteiger partial charge is 0.416 e. The maximum absolute atomic E-state index is 12.9. The van der Waals surface area contributed by atoms with Crippen molar-refractivity contribution in [2.24, 2.45) is 5.92 Å². The molecule has 1 N–H and O–H groups in total. The van der Waals surface area contributed by atoms with E-state index in [1.807, 2.05) is 6.92 Å². The van der Waals surface area contributed by atoms with E-state index in [4.69, 9.17) is 0 Å². The van der Waals surface area contributed by atoms with Gasteiger partial charge >= 0.3 is 6.18 Å². The van der Waals surface area contributed by atoms with E-state index < -0.39 is 11.7 Å². The van der Waals surface area contributed by atoms with Crippen LogP contribution >= 0.6 is 0 Å². The predicted octanol–water partition coefficient (Wildman–Crippen LogP) is 5.57. The third-order valence-corrected chi connectivity index (χ3v) is 3.92. The van der Waals surface area contributed by atoms with Gasteiger partial charge in [0.2, 0.25) is 0 Å². The van der Waals surface area contributed by atoms with Crippen molar-refractivity contribution in [2.75, 3.05) is 6.54 Å². The van der Waals surface area contributed by atoms with Gasteiger partial charge in [-0.3, -0.25) is 0 Å². The highest BCUT2D eigenvalue weighted by atomic mass is 19.4. The summed E-state index contributed by atoms with van der Waals surface area (Å²) >= 11 is 0. The van der Waals surface area contributed by atoms with Gasteiger partial charge in [-0.1, -0.05) is 52.2 Å². The summed E-state index contributed by atoms with van der Waals surface area (Å²) in [6.07, 6.45) is -0.0516. The zero-order valence-corrected chi connectivity index (χ0v) is 13.1. The number of halogens is 3. The topological polar surface area (TPSA) is 12.0 Å². The molecule has 1 aromatic rings. The number of alkyl halides is 3. The molecule has 0 aliphatic rings. The minimum Gasteiger partial charge on any atom is -0.310 e. The Kier molecular flexibility index (Phi) is 7.23. The van der Waals surface area contributed by atoms with E-state index in [9.17, 15) is 13.2 Å². The van der Waals surface area contributed by atoms with Crippen LogP contribution in [-0.2, 0) is 6.18 Å². The molecule has 1 rings (SSSR count). The SMILES string of the molecule is CCCCC(CC)C(NCC)c1cccc(C(F)(F)F)c1. The fourth-order valence-electron chi connectivity index (χ4n) is 2.76. The molecule has 0 saturated carbocycles. The Morgan fingerprint density at radius 2 is 1.86 bits per heavy atom. The first-order valence-corrected chi connectivity index (χ1v) is 7.84. The van der Waals surface area contributed by atoms with Crippen molar-refractivity contribution in [2.45, 2.75) is 58.7 Å². The Morgan fingerprint density at radius 1 is 1.14 bits per heavy atom. The molecule has 0 spiro atoms. The predicted molar refractivity (Wildman–Crippen MR) is 81.2 cm³/mol. The van der Waals surface area contributed by atoms with Gasteiger partial charge in [0.25, 0.3) is 0 Å². The zero-order chi connectivity index (χ0) is 15.9. The molecule has 0 amide bonds. The molecule has 1 aromatic carbocycles. The average Bonchev–Trinajstić information content (AvgIpc) is 2.46. The van der Waals surface area contributed by atoms with E-state index in [-0.39, 0.29) is 6.04 Å². The standard InChI is InChI=1S/C17H26F3N/c1-4-7-9-13(5-2)16(21-6-3)14-10-8-11-15(12-14)17(18,19)20/h8,10-13,16,21H,4-7,9H2,1-3H3. The van der Waals surface area contributed by atoms with Crippen LogP contribution in [0.5, 0.6) is 0 Å². The van der Waals surface area contributed by atoms with Gasteiger partial charge in [-0.25, -0.2) is 0 Å². The highest BCUT2D eigenvalue weighted by molar-refractivity contribution is 5.28. The lowest BCUT2D eigenvalue weighted by Crippen LogP contribution is -2.28. The third-order valence-electron chi connectivity index (χ3n) is 3.92. The second-order valence-electron chi connectivity index (χ2n) is 5.47. The van der Waals surface area contributed by atoms with Crippen LogP contribution in [0.2, 0.25) is 0 Å². The quantitative estimate of drug-likeness (QED) is 0.661. The van der Waals surface area contributed by atoms with E-state index in [1.165, 1.54) is 12.1 Å². The molecule has 0 aliphatic carbocycles. The molecule has 0 heterocycles. The number of hydrogen-bond acceptors (Lipinski definition) is 1. The van der Waals surface area contributed by atoms with Crippen LogP contribution in [0.15, 0.2) is 24.3 Å². The first kappa shape index (κ1) is 18.0. The maximum Gasteiger partial charge on any atom is 0.416 e. The van der Waals surface area contributed by atoms with Crippen molar-refractivity contribution in [1.82, 2.24) is 5.32 Å². The summed E-state index contributed by atoms with van der Waals surface area (Å²) in [4.78, 5) is 0. The Labute approximate surface area is 125 Å². The van der Waals surface area contributed by atoms with Gasteiger partial charge in [-0.15, -0.1) is 0 Å². The molecule has 0 aromatic heterocycles. The highest BCUT2D eigenvalue weighted by Crippen LogP contribution is 2.34. The summed E-state index contributed by atoms with van der Waals surface area (Å²) < 4.78 is 38.6. The normalized spacial score (nSPS) is 15.0. The van der Waals surface area contributed by atoms with Gasteiger partial charge in [-0.2, -0.15) is 13.2 Å². The molecule has 0 bridgehead atoms. The fourth-order valence-corrected chi connectivity index (χ4v) is 2.76. The Morgan fingerprint density at radius 3 is 2.38 bits per heavy atom. The monoisotopic (exact) mass is 301 g/mol. The van der Waals surface area contributed by atoms with E-state index in [2.05, 4.69) is 19.2 Å². The van der Waals surface area contributed by atoms with Gasteiger partial charge in [0, 0.05) is 6.04 Å². The first-order chi connectivity index (χ1) is 9.93. The number of rotatable bonds is 8. The maximum atomic E-state index is 12.9. The molecule has 0 radical (unpaired) electrons. The van der Waals surface area contributed by atoms with Crippen LogP contribution < -0.4 is 5.32 Å². The van der Waals surface area contributed by atoms with Crippen molar-refractivity contribution < 1.29 is 13.2 Å². The summed E-state index contributed by atoms with van der Waals surface area (Å²) in [7, 11) is 0. The van der Waals surface area contributed by atoms with Gasteiger partial charge < -0.3 is 5.32 Å². The van der Waals surface area contributed by atoms with Gasteiger partial charge in [0.1, 0.15) is 0 Å². The summed E-state index contributed by atoms with van der Waals surface area (Å²) in [6.45, 7) is 6.99. The molecule has 21 heavy (non-hydrogen) atoms. The fraction of sp³-hybridized carbons (Fsp3) is 0.647. The number of unbranched alkanes of at least 4 members (excludes halogenated alkanes) is 1. The molecule has 0 aliphatic heterocycles. The van der Waals surface area contributed by atoms with Gasteiger partial charge in [0.15, 0.2) is 0 Å². The lowest BCUT2D eigenvalue weighted by atomic mass is 9.86. The summed E-state index contributed by atoms with van der Waals surface area (Å²) in [5, 5.41) is 3.37. The van der Waals surface area contributed by atoms with E-state index in [1.54, 1.807) is 6.07 Å². The van der Waals surface area contributed by atoms with Gasteiger partial charge in [-0.05, 0) is 36.6 Å². The van der Waals surface area contributed by atoms with Crippen LogP contribution in [0.25, 0.3) is 0 Å². The minimum atomic E-state index is -4.28. The molecule has 1 nitrogen and oxygen atoms in total. The van der Waals surface area contributed by atoms with Crippen molar-refractivity contribution in [1.29, 1.82) is 0 Å². The summed E-state index contributed by atoms with van der Waals surface area (Å²) in [6, 6.07) is 5.74. The zero-order valence-electron chi connectivity index (χ0n) is 13.1. The molecule has 120 valence electrons. The van der Waals surface area contributed by atoms with Crippen LogP contribution in [0.4, 0.5) is 13.2 Å². The number of benzene rings is 1. The molecular weight excluding hydrogens is 275 g/mol. The number of nitrogens with one attached hydrogen (secondary N) is 1. The molecular formula is C17H26F3N. The second kappa shape index (κ2) is 8.42. The van der Waals surface area contributed by atoms with E-state index in [0.717, 1.165) is 43.9 Å². The van der Waals surface area contributed by atoms with Crippen molar-refractivity contribution >= 4 is 0 Å². The number of hydrogen-bond donors (Lipinski definition) is 1. The highest BCUT2D eigenvalue weighted by Gasteiger charge is 2.31. The summed E-state index contributed by atoms with van der Waals surface area (Å²) in [5.74, 6) is 0.369. The Hall–Kier alpha value is -1.03. The Bertz CT molecular complexity index is 415. The first-order valence-electron chi connectivity index (χ1n) is 7.84. The molecule has 2 unspecified atom stereocenters. The molecule has 0 saturated heterocycles. The van der Waals surface area contributed by atoms with E-state index in [0.29, 0.717) is 5.92 Å². The Balaban J connectivity index is 3.03. The van der Waals surface area contributed by atoms with Crippen molar-refractivity contribution in [3.63, 3.8) is 0 Å². The second-order valence-corrected chi connectivity index (χ2v) is 5.47. The van der Waals surface area contributed by atoms with Crippen molar-refractivity contribution in [3.8, 4) is 0 Å². The lowest BCUT2D eigenvalue weighted by molar-refractivity contribution is -0.137. The molecule has 4 heteroatoms. The molecule has 0 fully saturated rings. The minimum absolute atomic E-state index is 0.00569. The van der Waals surface area contributed by atoms with Crippen LogP contribution in [0.1, 0.15) is 63.6 Å². The average molecular weight is 301 g/mol. The lowest BCUT2D eigenvalue weighted by Gasteiger charge is -2.28. The van der Waals surface area contributed by atoms with Crippen LogP contribution in [0.3, 0.4) is 0 Å². The van der Waals surface area contributed by atoms with Crippen molar-refractivity contribution in [3.05, 3.63) is 35.4 Å². The summed E-state index contributed by atoms with van der Waals surface area (Å²) in [5.41, 5.74) is 0.183. The van der Waals surface area contributed by atoms with Gasteiger partial charge in [0.05, 0.1) is 5.56 Å². The van der Waals surface area contributed by atoms with E-state index >= 15 is 0 Å². The van der Waals surface area contributed by atoms with Crippen LogP contribution in [0, 0.1) is 5.92 Å². The third kappa shape index (κ3) is 5.34. The van der Waals surface area contributed by atoms with Crippen LogP contribution in [-0.4, -0.2) is 6.54 Å².